The van der Waals surface area contributed by atoms with Crippen molar-refractivity contribution in [2.24, 2.45) is 0 Å². The third-order valence-corrected chi connectivity index (χ3v) is 5.29. The largest absolute Gasteiger partial charge is 0.616 e. The van der Waals surface area contributed by atoms with Gasteiger partial charge in [-0.25, -0.2) is 28.7 Å². The van der Waals surface area contributed by atoms with Crippen LogP contribution in [0.25, 0.3) is 17.2 Å². The average Bonchev–Trinajstić information content (AvgIpc) is 3.05. The number of halogens is 2. The van der Waals surface area contributed by atoms with E-state index in [0.29, 0.717) is 41.8 Å². The molecule has 1 saturated heterocycles. The normalized spacial score (nSPS) is 16.1. The molecule has 0 spiro atoms. The molecule has 0 bridgehead atoms. The summed E-state index contributed by atoms with van der Waals surface area (Å²) in [7, 11) is 0. The van der Waals surface area contributed by atoms with Gasteiger partial charge in [-0.05, 0) is 6.07 Å². The molecule has 1 fully saturated rings. The van der Waals surface area contributed by atoms with E-state index in [1.807, 2.05) is 4.90 Å². The second kappa shape index (κ2) is 6.52. The smallest absolute Gasteiger partial charge is 0.281 e. The highest BCUT2D eigenvalue weighted by molar-refractivity contribution is 7.91. The Hall–Kier alpha value is -2.33. The first kappa shape index (κ1) is 16.2. The Morgan fingerprint density at radius 3 is 2.68 bits per heavy atom. The minimum atomic E-state index is -2.67. The molecule has 3 aromatic rings. The molecular formula is C15H14F2N6OS. The summed E-state index contributed by atoms with van der Waals surface area (Å²) in [5.74, 6) is 2.33. The van der Waals surface area contributed by atoms with E-state index in [-0.39, 0.29) is 5.69 Å². The van der Waals surface area contributed by atoms with Crippen molar-refractivity contribution in [1.29, 1.82) is 0 Å². The van der Waals surface area contributed by atoms with Gasteiger partial charge < -0.3 is 9.45 Å². The first-order valence-electron chi connectivity index (χ1n) is 7.66. The van der Waals surface area contributed by atoms with E-state index in [1.54, 1.807) is 12.3 Å². The monoisotopic (exact) mass is 364 g/mol. The highest BCUT2D eigenvalue weighted by Crippen LogP contribution is 2.23. The van der Waals surface area contributed by atoms with Crippen molar-refractivity contribution < 1.29 is 13.3 Å². The number of hydrogen-bond acceptors (Lipinski definition) is 6. The standard InChI is InChI=1S/C15H14F2N6OS/c16-14(17)10-9-23-11(7-20-13(23)8-19-10)15-18-2-1-12(21-15)22-3-5-25(24)6-4-22/h1-2,7-9,14H,3-6H2. The van der Waals surface area contributed by atoms with Crippen LogP contribution in [-0.2, 0) is 11.2 Å². The van der Waals surface area contributed by atoms with E-state index in [0.717, 1.165) is 5.82 Å². The van der Waals surface area contributed by atoms with Crippen molar-refractivity contribution >= 4 is 22.6 Å². The highest BCUT2D eigenvalue weighted by atomic mass is 32.2. The van der Waals surface area contributed by atoms with Crippen LogP contribution in [0.3, 0.4) is 0 Å². The highest BCUT2D eigenvalue weighted by Gasteiger charge is 2.21. The number of fused-ring (bicyclic) bond motifs is 1. The Labute approximate surface area is 144 Å². The minimum Gasteiger partial charge on any atom is -0.616 e. The lowest BCUT2D eigenvalue weighted by Crippen LogP contribution is -2.40. The lowest BCUT2D eigenvalue weighted by atomic mass is 10.4. The van der Waals surface area contributed by atoms with Gasteiger partial charge in [0.2, 0.25) is 0 Å². The van der Waals surface area contributed by atoms with Crippen molar-refractivity contribution in [3.63, 3.8) is 0 Å². The second-order valence-electron chi connectivity index (χ2n) is 5.56. The van der Waals surface area contributed by atoms with E-state index < -0.39 is 17.6 Å². The Morgan fingerprint density at radius 1 is 1.12 bits per heavy atom. The number of rotatable bonds is 3. The van der Waals surface area contributed by atoms with Gasteiger partial charge in [0.05, 0.1) is 25.5 Å². The molecule has 0 atom stereocenters. The predicted molar refractivity (Wildman–Crippen MR) is 89.1 cm³/mol. The van der Waals surface area contributed by atoms with Gasteiger partial charge in [0.25, 0.3) is 6.43 Å². The molecule has 4 heterocycles. The maximum Gasteiger partial charge on any atom is 0.281 e. The van der Waals surface area contributed by atoms with Crippen LogP contribution in [-0.4, -0.2) is 53.5 Å². The van der Waals surface area contributed by atoms with Gasteiger partial charge in [0.15, 0.2) is 11.5 Å². The molecule has 10 heteroatoms. The van der Waals surface area contributed by atoms with Gasteiger partial charge in [0, 0.05) is 12.4 Å². The summed E-state index contributed by atoms with van der Waals surface area (Å²) in [6.07, 6.45) is 3.05. The van der Waals surface area contributed by atoms with Gasteiger partial charge in [-0.2, -0.15) is 0 Å². The van der Waals surface area contributed by atoms with Crippen molar-refractivity contribution in [3.05, 3.63) is 36.5 Å². The fraction of sp³-hybridized carbons (Fsp3) is 0.333. The molecule has 0 radical (unpaired) electrons. The summed E-state index contributed by atoms with van der Waals surface area (Å²) in [6, 6.07) is 1.78. The number of imidazole rings is 1. The molecule has 25 heavy (non-hydrogen) atoms. The first-order valence-corrected chi connectivity index (χ1v) is 9.15. The maximum absolute atomic E-state index is 12.9. The number of alkyl halides is 2. The molecule has 0 N–H and O–H groups in total. The quantitative estimate of drug-likeness (QED) is 0.658. The number of nitrogens with zero attached hydrogens (tertiary/aromatic N) is 6. The Balaban J connectivity index is 1.71. The molecule has 1 aliphatic heterocycles. The third kappa shape index (κ3) is 3.14. The van der Waals surface area contributed by atoms with Crippen LogP contribution in [0.5, 0.6) is 0 Å². The molecule has 0 saturated carbocycles. The lowest BCUT2D eigenvalue weighted by Gasteiger charge is -2.28. The first-order chi connectivity index (χ1) is 12.1. The summed E-state index contributed by atoms with van der Waals surface area (Å²) in [6.45, 7) is 1.32. The Morgan fingerprint density at radius 2 is 1.92 bits per heavy atom. The molecule has 130 valence electrons. The number of anilines is 1. The van der Waals surface area contributed by atoms with Crippen molar-refractivity contribution in [3.8, 4) is 11.5 Å². The summed E-state index contributed by atoms with van der Waals surface area (Å²) >= 11 is -0.773. The van der Waals surface area contributed by atoms with Crippen LogP contribution >= 0.6 is 0 Å². The van der Waals surface area contributed by atoms with Gasteiger partial charge >= 0.3 is 0 Å². The van der Waals surface area contributed by atoms with E-state index in [2.05, 4.69) is 19.9 Å². The van der Waals surface area contributed by atoms with E-state index in [1.165, 1.54) is 23.0 Å². The van der Waals surface area contributed by atoms with E-state index >= 15 is 0 Å². The van der Waals surface area contributed by atoms with Crippen LogP contribution in [0.4, 0.5) is 14.6 Å². The van der Waals surface area contributed by atoms with Crippen LogP contribution in [0.15, 0.2) is 30.9 Å². The SMILES string of the molecule is [O-][S+]1CCN(c2ccnc(-c3cnc4cnc(C(F)F)cn34)n2)CC1. The van der Waals surface area contributed by atoms with Crippen LogP contribution in [0, 0.1) is 0 Å². The summed E-state index contributed by atoms with van der Waals surface area (Å²) < 4.78 is 38.8. The zero-order chi connectivity index (χ0) is 17.4. The lowest BCUT2D eigenvalue weighted by molar-refractivity contribution is 0.145. The van der Waals surface area contributed by atoms with E-state index in [4.69, 9.17) is 0 Å². The van der Waals surface area contributed by atoms with Gasteiger partial charge in [0.1, 0.15) is 28.7 Å². The summed E-state index contributed by atoms with van der Waals surface area (Å²) in [5.41, 5.74) is 0.630. The third-order valence-electron chi connectivity index (χ3n) is 4.01. The molecule has 0 unspecified atom stereocenters. The second-order valence-corrected chi connectivity index (χ2v) is 7.25. The summed E-state index contributed by atoms with van der Waals surface area (Å²) in [4.78, 5) is 18.7. The fourth-order valence-corrected chi connectivity index (χ4v) is 3.75. The van der Waals surface area contributed by atoms with Crippen molar-refractivity contribution in [2.45, 2.75) is 6.43 Å². The maximum atomic E-state index is 12.9. The number of hydrogen-bond donors (Lipinski definition) is 0. The van der Waals surface area contributed by atoms with Crippen LogP contribution < -0.4 is 4.90 Å². The fourth-order valence-electron chi connectivity index (χ4n) is 2.70. The zero-order valence-corrected chi connectivity index (χ0v) is 13.9. The predicted octanol–water partition coefficient (Wildman–Crippen LogP) is 1.69. The van der Waals surface area contributed by atoms with Gasteiger partial charge in [-0.15, -0.1) is 0 Å². The minimum absolute atomic E-state index is 0.332. The van der Waals surface area contributed by atoms with Gasteiger partial charge in [-0.3, -0.25) is 4.40 Å². The van der Waals surface area contributed by atoms with Crippen LogP contribution in [0.1, 0.15) is 12.1 Å². The summed E-state index contributed by atoms with van der Waals surface area (Å²) in [5, 5.41) is 0. The molecule has 0 aliphatic carbocycles. The van der Waals surface area contributed by atoms with Crippen molar-refractivity contribution in [2.75, 3.05) is 29.5 Å². The molecular weight excluding hydrogens is 350 g/mol. The molecule has 4 rings (SSSR count). The topological polar surface area (TPSA) is 82.3 Å². The zero-order valence-electron chi connectivity index (χ0n) is 13.0. The molecule has 0 amide bonds. The molecule has 1 aliphatic rings. The van der Waals surface area contributed by atoms with Gasteiger partial charge in [-0.1, -0.05) is 11.2 Å². The Bertz CT molecular complexity index is 897. The van der Waals surface area contributed by atoms with Crippen LogP contribution in [0.2, 0.25) is 0 Å². The molecule has 7 nitrogen and oxygen atoms in total. The number of aromatic nitrogens is 5. The van der Waals surface area contributed by atoms with E-state index in [9.17, 15) is 13.3 Å². The Kier molecular flexibility index (Phi) is 4.22. The molecule has 0 aromatic carbocycles. The van der Waals surface area contributed by atoms with Crippen molar-refractivity contribution in [1.82, 2.24) is 24.3 Å². The molecule has 3 aromatic heterocycles. The average molecular weight is 364 g/mol.